The van der Waals surface area contributed by atoms with Crippen molar-refractivity contribution in [2.75, 3.05) is 0 Å². The smallest absolute Gasteiger partial charge is 0.124 e. The third kappa shape index (κ3) is 3.56. The number of aliphatic hydroxyl groups excluding tert-OH is 1. The lowest BCUT2D eigenvalue weighted by Crippen LogP contribution is -2.04. The maximum absolute atomic E-state index is 13.0. The van der Waals surface area contributed by atoms with Crippen LogP contribution in [0.3, 0.4) is 0 Å². The molecule has 0 aliphatic rings. The van der Waals surface area contributed by atoms with E-state index < -0.39 is 6.10 Å². The van der Waals surface area contributed by atoms with Crippen LogP contribution in [0.1, 0.15) is 22.8 Å². The van der Waals surface area contributed by atoms with Crippen molar-refractivity contribution in [1.82, 2.24) is 0 Å². The van der Waals surface area contributed by atoms with E-state index in [1.54, 1.807) is 6.07 Å². The van der Waals surface area contributed by atoms with Gasteiger partial charge in [0.2, 0.25) is 0 Å². The van der Waals surface area contributed by atoms with Gasteiger partial charge in [-0.1, -0.05) is 51.3 Å². The zero-order chi connectivity index (χ0) is 14.0. The van der Waals surface area contributed by atoms with Crippen LogP contribution in [0, 0.1) is 12.7 Å². The predicted molar refractivity (Wildman–Crippen MR) is 79.0 cm³/mol. The maximum Gasteiger partial charge on any atom is 0.124 e. The summed E-state index contributed by atoms with van der Waals surface area (Å²) in [6, 6.07) is 10.00. The molecule has 2 rings (SSSR count). The fourth-order valence-corrected chi connectivity index (χ4v) is 2.68. The maximum atomic E-state index is 13.0. The second-order valence-electron chi connectivity index (χ2n) is 4.48. The Morgan fingerprint density at radius 3 is 2.68 bits per heavy atom. The molecule has 1 atom stereocenters. The monoisotopic (exact) mass is 342 g/mol. The highest BCUT2D eigenvalue weighted by atomic mass is 79.9. The number of hydrogen-bond donors (Lipinski definition) is 1. The lowest BCUT2D eigenvalue weighted by atomic mass is 10.00. The van der Waals surface area contributed by atoms with Gasteiger partial charge in [-0.05, 0) is 36.2 Å². The summed E-state index contributed by atoms with van der Waals surface area (Å²) in [6.45, 7) is 1.97. The molecule has 0 aliphatic heterocycles. The normalized spacial score (nSPS) is 12.5. The van der Waals surface area contributed by atoms with Crippen molar-refractivity contribution in [2.45, 2.75) is 19.4 Å². The Hall–Kier alpha value is -0.900. The minimum Gasteiger partial charge on any atom is -0.388 e. The highest BCUT2D eigenvalue weighted by Crippen LogP contribution is 2.29. The van der Waals surface area contributed by atoms with Crippen LogP contribution in [0.15, 0.2) is 40.9 Å². The summed E-state index contributed by atoms with van der Waals surface area (Å²) in [5.74, 6) is -0.375. The van der Waals surface area contributed by atoms with E-state index in [1.165, 1.54) is 12.1 Å². The molecule has 2 aromatic carbocycles. The van der Waals surface area contributed by atoms with E-state index in [4.69, 9.17) is 11.6 Å². The molecule has 0 saturated carbocycles. The first kappa shape index (κ1) is 14.5. The molecule has 0 heterocycles. The van der Waals surface area contributed by atoms with Gasteiger partial charge < -0.3 is 5.11 Å². The van der Waals surface area contributed by atoms with Gasteiger partial charge in [0.05, 0.1) is 6.10 Å². The lowest BCUT2D eigenvalue weighted by Gasteiger charge is -2.14. The zero-order valence-electron chi connectivity index (χ0n) is 10.3. The summed E-state index contributed by atoms with van der Waals surface area (Å²) in [5, 5.41) is 10.6. The van der Waals surface area contributed by atoms with Crippen molar-refractivity contribution in [3.05, 3.63) is 68.4 Å². The minimum atomic E-state index is -0.683. The molecular formula is C15H13BrClFO. The molecule has 100 valence electrons. The Kier molecular flexibility index (Phi) is 4.61. The van der Waals surface area contributed by atoms with Gasteiger partial charge in [-0.15, -0.1) is 0 Å². The molecule has 0 bridgehead atoms. The predicted octanol–water partition coefficient (Wildman–Crippen LogP) is 4.83. The molecule has 19 heavy (non-hydrogen) atoms. The Morgan fingerprint density at radius 2 is 2.00 bits per heavy atom. The molecule has 0 spiro atoms. The topological polar surface area (TPSA) is 20.2 Å². The summed E-state index contributed by atoms with van der Waals surface area (Å²) < 4.78 is 13.8. The number of benzene rings is 2. The molecule has 0 amide bonds. The number of halogens is 3. The van der Waals surface area contributed by atoms with Crippen LogP contribution in [0.25, 0.3) is 0 Å². The zero-order valence-corrected chi connectivity index (χ0v) is 12.7. The number of rotatable bonds is 3. The van der Waals surface area contributed by atoms with Gasteiger partial charge in [0.25, 0.3) is 0 Å². The second kappa shape index (κ2) is 6.04. The van der Waals surface area contributed by atoms with Gasteiger partial charge in [-0.3, -0.25) is 0 Å². The molecule has 0 radical (unpaired) electrons. The average molecular weight is 344 g/mol. The summed E-state index contributed by atoms with van der Waals surface area (Å²) in [4.78, 5) is 0. The van der Waals surface area contributed by atoms with E-state index in [0.717, 1.165) is 21.2 Å². The second-order valence-corrected chi connectivity index (χ2v) is 5.74. The van der Waals surface area contributed by atoms with Crippen molar-refractivity contribution < 1.29 is 9.50 Å². The van der Waals surface area contributed by atoms with Crippen LogP contribution in [0.4, 0.5) is 4.39 Å². The van der Waals surface area contributed by atoms with Crippen molar-refractivity contribution in [3.63, 3.8) is 0 Å². The fraction of sp³-hybridized carbons (Fsp3) is 0.200. The Bertz CT molecular complexity index is 601. The highest BCUT2D eigenvalue weighted by molar-refractivity contribution is 9.10. The Balaban J connectivity index is 2.25. The third-order valence-corrected chi connectivity index (χ3v) is 4.01. The first-order chi connectivity index (χ1) is 8.97. The lowest BCUT2D eigenvalue weighted by molar-refractivity contribution is 0.177. The van der Waals surface area contributed by atoms with Gasteiger partial charge in [0.15, 0.2) is 0 Å². The average Bonchev–Trinajstić information content (AvgIpc) is 2.35. The van der Waals surface area contributed by atoms with Gasteiger partial charge in [0.1, 0.15) is 5.82 Å². The Morgan fingerprint density at radius 1 is 1.26 bits per heavy atom. The van der Waals surface area contributed by atoms with Crippen molar-refractivity contribution in [2.24, 2.45) is 0 Å². The van der Waals surface area contributed by atoms with Crippen LogP contribution in [-0.2, 0) is 6.42 Å². The van der Waals surface area contributed by atoms with Crippen molar-refractivity contribution >= 4 is 27.5 Å². The standard InChI is InChI=1S/C15H13BrClFO/c1-9-2-5-13(16)12(6-9)15(19)7-10-3-4-11(18)8-14(10)17/h2-6,8,15,19H,7H2,1H3. The molecule has 0 saturated heterocycles. The van der Waals surface area contributed by atoms with E-state index >= 15 is 0 Å². The first-order valence-corrected chi connectivity index (χ1v) is 7.02. The minimum absolute atomic E-state index is 0.336. The SMILES string of the molecule is Cc1ccc(Br)c(C(O)Cc2ccc(F)cc2Cl)c1. The molecule has 0 fully saturated rings. The number of aryl methyl sites for hydroxylation is 1. The van der Waals surface area contributed by atoms with Gasteiger partial charge in [0, 0.05) is 15.9 Å². The van der Waals surface area contributed by atoms with E-state index in [0.29, 0.717) is 11.4 Å². The molecule has 0 aliphatic carbocycles. The molecule has 1 nitrogen and oxygen atoms in total. The van der Waals surface area contributed by atoms with Crippen LogP contribution >= 0.6 is 27.5 Å². The van der Waals surface area contributed by atoms with Gasteiger partial charge in [-0.2, -0.15) is 0 Å². The third-order valence-electron chi connectivity index (χ3n) is 2.94. The van der Waals surface area contributed by atoms with Crippen LogP contribution < -0.4 is 0 Å². The van der Waals surface area contributed by atoms with Crippen molar-refractivity contribution in [1.29, 1.82) is 0 Å². The molecule has 1 unspecified atom stereocenters. The van der Waals surface area contributed by atoms with Crippen molar-refractivity contribution in [3.8, 4) is 0 Å². The van der Waals surface area contributed by atoms with Crippen LogP contribution in [0.2, 0.25) is 5.02 Å². The summed E-state index contributed by atoms with van der Waals surface area (Å²) in [6.07, 6.45) is -0.335. The Labute approximate surface area is 125 Å². The quantitative estimate of drug-likeness (QED) is 0.846. The largest absolute Gasteiger partial charge is 0.388 e. The van der Waals surface area contributed by atoms with Crippen LogP contribution in [0.5, 0.6) is 0 Å². The van der Waals surface area contributed by atoms with E-state index in [2.05, 4.69) is 15.9 Å². The van der Waals surface area contributed by atoms with E-state index in [-0.39, 0.29) is 5.82 Å². The molecule has 1 N–H and O–H groups in total. The van der Waals surface area contributed by atoms with E-state index in [9.17, 15) is 9.50 Å². The van der Waals surface area contributed by atoms with E-state index in [1.807, 2.05) is 25.1 Å². The fourth-order valence-electron chi connectivity index (χ4n) is 1.92. The summed E-state index contributed by atoms with van der Waals surface area (Å²) in [5.41, 5.74) is 2.60. The number of hydrogen-bond acceptors (Lipinski definition) is 1. The molecular weight excluding hydrogens is 331 g/mol. The van der Waals surface area contributed by atoms with Crippen LogP contribution in [-0.4, -0.2) is 5.11 Å². The highest BCUT2D eigenvalue weighted by Gasteiger charge is 2.14. The van der Waals surface area contributed by atoms with Gasteiger partial charge >= 0.3 is 0 Å². The molecule has 2 aromatic rings. The number of aliphatic hydroxyl groups is 1. The first-order valence-electron chi connectivity index (χ1n) is 5.85. The molecule has 0 aromatic heterocycles. The molecule has 4 heteroatoms. The summed E-state index contributed by atoms with van der Waals surface area (Å²) in [7, 11) is 0. The van der Waals surface area contributed by atoms with Gasteiger partial charge in [-0.25, -0.2) is 4.39 Å². The summed E-state index contributed by atoms with van der Waals surface area (Å²) >= 11 is 9.39.